The zero-order valence-electron chi connectivity index (χ0n) is 12.9. The van der Waals surface area contributed by atoms with Crippen LogP contribution in [0.25, 0.3) is 0 Å². The van der Waals surface area contributed by atoms with Gasteiger partial charge < -0.3 is 4.74 Å². The van der Waals surface area contributed by atoms with E-state index in [9.17, 15) is 4.79 Å². The van der Waals surface area contributed by atoms with Gasteiger partial charge in [-0.2, -0.15) is 0 Å². The lowest BCUT2D eigenvalue weighted by Crippen LogP contribution is -2.48. The van der Waals surface area contributed by atoms with Gasteiger partial charge in [-0.25, -0.2) is 0 Å². The van der Waals surface area contributed by atoms with E-state index in [1.807, 2.05) is 6.07 Å². The number of esters is 1. The Balaban J connectivity index is 1.67. The van der Waals surface area contributed by atoms with Gasteiger partial charge >= 0.3 is 5.97 Å². The van der Waals surface area contributed by atoms with E-state index >= 15 is 0 Å². The summed E-state index contributed by atoms with van der Waals surface area (Å²) in [6, 6.07) is 11.3. The molecule has 0 amide bonds. The first kappa shape index (κ1) is 13.3. The molecule has 112 valence electrons. The molecule has 0 N–H and O–H groups in total. The molecule has 3 heteroatoms. The Bertz CT molecular complexity index is 558. The minimum Gasteiger partial charge on any atom is -0.468 e. The fraction of sp³-hybridized carbons (Fsp3) is 0.611. The van der Waals surface area contributed by atoms with Crippen molar-refractivity contribution in [2.24, 2.45) is 23.7 Å². The van der Waals surface area contributed by atoms with E-state index in [0.717, 1.165) is 17.8 Å². The van der Waals surface area contributed by atoms with Crippen molar-refractivity contribution < 1.29 is 9.53 Å². The molecule has 7 atom stereocenters. The maximum absolute atomic E-state index is 12.4. The van der Waals surface area contributed by atoms with E-state index in [-0.39, 0.29) is 18.1 Å². The third-order valence-electron chi connectivity index (χ3n) is 6.25. The first-order valence-corrected chi connectivity index (χ1v) is 8.05. The maximum atomic E-state index is 12.4. The molecule has 3 fully saturated rings. The Hall–Kier alpha value is -1.35. The van der Waals surface area contributed by atoms with Gasteiger partial charge in [0.2, 0.25) is 0 Å². The number of ether oxygens (including phenoxy) is 1. The van der Waals surface area contributed by atoms with Crippen molar-refractivity contribution in [3.63, 3.8) is 0 Å². The second kappa shape index (κ2) is 4.57. The van der Waals surface area contributed by atoms with Crippen molar-refractivity contribution >= 4 is 5.97 Å². The van der Waals surface area contributed by atoms with Crippen LogP contribution >= 0.6 is 0 Å². The number of hydrogen-bond donors (Lipinski definition) is 0. The third-order valence-corrected chi connectivity index (χ3v) is 6.25. The third kappa shape index (κ3) is 1.73. The highest BCUT2D eigenvalue weighted by molar-refractivity contribution is 5.77. The number of hydrogen-bond acceptors (Lipinski definition) is 3. The van der Waals surface area contributed by atoms with E-state index in [1.165, 1.54) is 19.1 Å². The minimum atomic E-state index is -0.0404. The normalized spacial score (nSPS) is 41.7. The summed E-state index contributed by atoms with van der Waals surface area (Å²) in [6.07, 6.45) is 1.18. The van der Waals surface area contributed by atoms with Gasteiger partial charge in [0.25, 0.3) is 0 Å². The molecule has 2 unspecified atom stereocenters. The zero-order valence-corrected chi connectivity index (χ0v) is 12.9. The Morgan fingerprint density at radius 3 is 2.67 bits per heavy atom. The van der Waals surface area contributed by atoms with E-state index < -0.39 is 0 Å². The Morgan fingerprint density at radius 1 is 1.29 bits per heavy atom. The van der Waals surface area contributed by atoms with Gasteiger partial charge in [0.1, 0.15) is 6.04 Å². The molecular weight excluding hydrogens is 262 g/mol. The van der Waals surface area contributed by atoms with Crippen molar-refractivity contribution in [2.75, 3.05) is 7.11 Å². The second-order valence-corrected chi connectivity index (χ2v) is 6.98. The number of nitrogens with zero attached hydrogens (tertiary/aromatic N) is 1. The average Bonchev–Trinajstić information content (AvgIpc) is 2.90. The molecule has 1 saturated heterocycles. The van der Waals surface area contributed by atoms with Gasteiger partial charge in [0, 0.05) is 12.1 Å². The summed E-state index contributed by atoms with van der Waals surface area (Å²) in [5, 5.41) is 0. The number of fused-ring (bicyclic) bond motifs is 5. The number of methoxy groups -OCH3 is 1. The van der Waals surface area contributed by atoms with Crippen molar-refractivity contribution in [1.82, 2.24) is 4.90 Å². The molecule has 4 rings (SSSR count). The maximum Gasteiger partial charge on any atom is 0.323 e. The van der Waals surface area contributed by atoms with Gasteiger partial charge in [0.05, 0.1) is 7.11 Å². The molecule has 21 heavy (non-hydrogen) atoms. The van der Waals surface area contributed by atoms with E-state index in [4.69, 9.17) is 4.74 Å². The molecule has 2 bridgehead atoms. The lowest BCUT2D eigenvalue weighted by molar-refractivity contribution is -0.150. The van der Waals surface area contributed by atoms with Gasteiger partial charge in [-0.3, -0.25) is 9.69 Å². The molecule has 0 aromatic heterocycles. The van der Waals surface area contributed by atoms with E-state index in [2.05, 4.69) is 43.0 Å². The number of rotatable bonds is 3. The Kier molecular flexibility index (Phi) is 2.90. The largest absolute Gasteiger partial charge is 0.468 e. The highest BCUT2D eigenvalue weighted by Gasteiger charge is 2.70. The second-order valence-electron chi connectivity index (χ2n) is 6.98. The van der Waals surface area contributed by atoms with Crippen LogP contribution in [0.15, 0.2) is 30.3 Å². The smallest absolute Gasteiger partial charge is 0.323 e. The number of piperidine rings is 1. The van der Waals surface area contributed by atoms with Crippen LogP contribution in [-0.4, -0.2) is 30.1 Å². The predicted octanol–water partition coefficient (Wildman–Crippen LogP) is 2.88. The summed E-state index contributed by atoms with van der Waals surface area (Å²) in [4.78, 5) is 14.8. The van der Waals surface area contributed by atoms with E-state index in [0.29, 0.717) is 12.0 Å². The molecule has 0 radical (unpaired) electrons. The van der Waals surface area contributed by atoms with Crippen LogP contribution < -0.4 is 0 Å². The van der Waals surface area contributed by atoms with Crippen LogP contribution in [0, 0.1) is 23.7 Å². The molecule has 2 aliphatic carbocycles. The topological polar surface area (TPSA) is 29.5 Å². The highest BCUT2D eigenvalue weighted by atomic mass is 16.5. The van der Waals surface area contributed by atoms with Gasteiger partial charge in [-0.1, -0.05) is 37.3 Å². The van der Waals surface area contributed by atoms with Crippen molar-refractivity contribution in [3.8, 4) is 0 Å². The molecule has 1 aromatic carbocycles. The van der Waals surface area contributed by atoms with Gasteiger partial charge in [0.15, 0.2) is 0 Å². The Labute approximate surface area is 126 Å². The van der Waals surface area contributed by atoms with Gasteiger partial charge in [-0.05, 0) is 42.6 Å². The van der Waals surface area contributed by atoms with Crippen LogP contribution in [0.3, 0.4) is 0 Å². The fourth-order valence-corrected chi connectivity index (χ4v) is 5.34. The molecule has 1 heterocycles. The summed E-state index contributed by atoms with van der Waals surface area (Å²) < 4.78 is 5.12. The minimum absolute atomic E-state index is 0.0390. The average molecular weight is 285 g/mol. The number of carbonyl (C=O) groups is 1. The molecule has 3 nitrogen and oxygen atoms in total. The quantitative estimate of drug-likeness (QED) is 0.800. The first-order valence-electron chi connectivity index (χ1n) is 8.05. The summed E-state index contributed by atoms with van der Waals surface area (Å²) >= 11 is 0. The molecular formula is C18H23NO2. The van der Waals surface area contributed by atoms with Crippen LogP contribution in [0.1, 0.15) is 31.9 Å². The standard InChI is InChI=1S/C18H23NO2/c1-10-15-13-9-14(16(10)15)19(17(13)18(20)21-3)11(2)12-7-5-4-6-8-12/h4-8,10-11,13-17H,9H2,1-3H3/t10-,11-,13?,14?,15-,16+,17+/m0/s1. The zero-order chi connectivity index (χ0) is 14.7. The van der Waals surface area contributed by atoms with Crippen molar-refractivity contribution in [3.05, 3.63) is 35.9 Å². The first-order chi connectivity index (χ1) is 10.1. The van der Waals surface area contributed by atoms with Crippen LogP contribution in [-0.2, 0) is 9.53 Å². The van der Waals surface area contributed by atoms with E-state index in [1.54, 1.807) is 0 Å². The Morgan fingerprint density at radius 2 is 2.00 bits per heavy atom. The lowest BCUT2D eigenvalue weighted by atomic mass is 9.94. The monoisotopic (exact) mass is 285 g/mol. The van der Waals surface area contributed by atoms with Crippen molar-refractivity contribution in [1.29, 1.82) is 0 Å². The summed E-state index contributed by atoms with van der Waals surface area (Å²) in [7, 11) is 1.52. The lowest BCUT2D eigenvalue weighted by Gasteiger charge is -2.38. The van der Waals surface area contributed by atoms with Crippen LogP contribution in [0.5, 0.6) is 0 Å². The molecule has 1 aromatic rings. The SMILES string of the molecule is COC(=O)[C@H]1C2CC([C@H]3[C@@H](C)[C@@H]23)N1[C@@H](C)c1ccccc1. The predicted molar refractivity (Wildman–Crippen MR) is 80.5 cm³/mol. The number of benzene rings is 1. The molecule has 0 spiro atoms. The summed E-state index contributed by atoms with van der Waals surface area (Å²) in [5.41, 5.74) is 1.30. The van der Waals surface area contributed by atoms with Crippen molar-refractivity contribution in [2.45, 2.75) is 38.4 Å². The van der Waals surface area contributed by atoms with Crippen LogP contribution in [0.2, 0.25) is 0 Å². The molecule has 2 saturated carbocycles. The highest BCUT2D eigenvalue weighted by Crippen LogP contribution is 2.68. The van der Waals surface area contributed by atoms with Crippen LogP contribution in [0.4, 0.5) is 0 Å². The summed E-state index contributed by atoms with van der Waals surface area (Å²) in [5.74, 6) is 2.82. The molecule has 3 aliphatic rings. The fourth-order valence-electron chi connectivity index (χ4n) is 5.34. The number of carbonyl (C=O) groups excluding carboxylic acids is 1. The molecule has 1 aliphatic heterocycles. The number of likely N-dealkylation sites (tertiary alicyclic amines) is 1. The summed E-state index contributed by atoms with van der Waals surface area (Å²) in [6.45, 7) is 4.58. The van der Waals surface area contributed by atoms with Gasteiger partial charge in [-0.15, -0.1) is 0 Å².